The maximum atomic E-state index is 13.0. The van der Waals surface area contributed by atoms with E-state index in [1.165, 1.54) is 0 Å². The molecule has 0 saturated heterocycles. The van der Waals surface area contributed by atoms with Gasteiger partial charge in [0.25, 0.3) is 5.91 Å². The van der Waals surface area contributed by atoms with Crippen LogP contribution in [0.3, 0.4) is 0 Å². The summed E-state index contributed by atoms with van der Waals surface area (Å²) in [7, 11) is 1.63. The lowest BCUT2D eigenvalue weighted by molar-refractivity contribution is -0.113. The van der Waals surface area contributed by atoms with Crippen LogP contribution in [-0.4, -0.2) is 23.9 Å². The van der Waals surface area contributed by atoms with Crippen molar-refractivity contribution in [2.45, 2.75) is 20.8 Å². The quantitative estimate of drug-likeness (QED) is 0.729. The number of amidine groups is 1. The molecule has 0 radical (unpaired) electrons. The molecule has 3 rings (SSSR count). The summed E-state index contributed by atoms with van der Waals surface area (Å²) in [6.45, 7) is 6.13. The van der Waals surface area contributed by atoms with Crippen LogP contribution in [0.1, 0.15) is 23.6 Å². The van der Waals surface area contributed by atoms with Crippen LogP contribution in [-0.2, 0) is 4.79 Å². The lowest BCUT2D eigenvalue weighted by Crippen LogP contribution is -2.30. The largest absolute Gasteiger partial charge is 0.497 e. The van der Waals surface area contributed by atoms with Gasteiger partial charge in [0.1, 0.15) is 11.4 Å². The highest BCUT2D eigenvalue weighted by atomic mass is 32.2. The normalized spacial score (nSPS) is 15.5. The summed E-state index contributed by atoms with van der Waals surface area (Å²) in [5.41, 5.74) is 4.49. The van der Waals surface area contributed by atoms with E-state index in [2.05, 4.69) is 18.0 Å². The van der Waals surface area contributed by atoms with Crippen LogP contribution in [0.25, 0.3) is 6.08 Å². The number of ether oxygens (including phenoxy) is 1. The number of methoxy groups -OCH3 is 1. The second-order valence-electron chi connectivity index (χ2n) is 6.12. The van der Waals surface area contributed by atoms with Crippen molar-refractivity contribution in [1.29, 1.82) is 0 Å². The van der Waals surface area contributed by atoms with Crippen molar-refractivity contribution in [3.63, 3.8) is 0 Å². The number of carbonyl (C=O) groups is 1. The molecular weight excluding hydrogens is 344 g/mol. The molecule has 4 nitrogen and oxygen atoms in total. The molecule has 0 bridgehead atoms. The molecule has 1 aliphatic heterocycles. The van der Waals surface area contributed by atoms with E-state index in [0.29, 0.717) is 5.70 Å². The van der Waals surface area contributed by atoms with Gasteiger partial charge in [-0.2, -0.15) is 0 Å². The van der Waals surface area contributed by atoms with Crippen molar-refractivity contribution in [2.75, 3.05) is 17.8 Å². The first kappa shape index (κ1) is 18.3. The standard InChI is InChI=1S/C21H22N2O2S/c1-5-26-21-22-19(13-16-6-8-18(25-4)9-7-16)20(24)23(21)17-11-14(2)10-15(3)12-17/h6-13H,5H2,1-4H3/b19-13-. The van der Waals surface area contributed by atoms with E-state index in [-0.39, 0.29) is 5.91 Å². The van der Waals surface area contributed by atoms with Crippen molar-refractivity contribution in [3.8, 4) is 5.75 Å². The summed E-state index contributed by atoms with van der Waals surface area (Å²) < 4.78 is 5.18. The van der Waals surface area contributed by atoms with Crippen LogP contribution < -0.4 is 9.64 Å². The number of aryl methyl sites for hydroxylation is 2. The Morgan fingerprint density at radius 3 is 2.35 bits per heavy atom. The van der Waals surface area contributed by atoms with Gasteiger partial charge in [-0.25, -0.2) is 4.99 Å². The Bertz CT molecular complexity index is 865. The third-order valence-corrected chi connectivity index (χ3v) is 4.81. The molecule has 0 fully saturated rings. The molecule has 2 aromatic carbocycles. The van der Waals surface area contributed by atoms with Crippen LogP contribution in [0.15, 0.2) is 53.2 Å². The molecule has 0 aliphatic carbocycles. The molecule has 0 spiro atoms. The zero-order valence-corrected chi connectivity index (χ0v) is 16.3. The first-order valence-electron chi connectivity index (χ1n) is 8.52. The van der Waals surface area contributed by atoms with E-state index in [4.69, 9.17) is 4.74 Å². The Morgan fingerprint density at radius 1 is 1.12 bits per heavy atom. The number of aliphatic imine (C=N–C) groups is 1. The first-order chi connectivity index (χ1) is 12.5. The van der Waals surface area contributed by atoms with Gasteiger partial charge in [-0.05, 0) is 66.6 Å². The average Bonchev–Trinajstić information content (AvgIpc) is 2.90. The highest BCUT2D eigenvalue weighted by Gasteiger charge is 2.31. The van der Waals surface area contributed by atoms with Crippen molar-refractivity contribution < 1.29 is 9.53 Å². The van der Waals surface area contributed by atoms with E-state index in [9.17, 15) is 4.79 Å². The van der Waals surface area contributed by atoms with Crippen molar-refractivity contribution in [3.05, 3.63) is 64.9 Å². The number of amides is 1. The Labute approximate surface area is 158 Å². The highest BCUT2D eigenvalue weighted by molar-refractivity contribution is 8.14. The van der Waals surface area contributed by atoms with Crippen LogP contribution in [0, 0.1) is 13.8 Å². The number of hydrogen-bond donors (Lipinski definition) is 0. The van der Waals surface area contributed by atoms with E-state index < -0.39 is 0 Å². The minimum absolute atomic E-state index is 0.0956. The number of nitrogens with zero attached hydrogens (tertiary/aromatic N) is 2. The Hall–Kier alpha value is -2.53. The number of thioether (sulfide) groups is 1. The number of rotatable bonds is 4. The second-order valence-corrected chi connectivity index (χ2v) is 7.35. The van der Waals surface area contributed by atoms with Crippen LogP contribution in [0.5, 0.6) is 5.75 Å². The molecule has 1 heterocycles. The lowest BCUT2D eigenvalue weighted by Gasteiger charge is -2.18. The fourth-order valence-electron chi connectivity index (χ4n) is 2.89. The molecule has 0 atom stereocenters. The second kappa shape index (κ2) is 7.79. The van der Waals surface area contributed by atoms with Crippen LogP contribution in [0.2, 0.25) is 0 Å². The summed E-state index contributed by atoms with van der Waals surface area (Å²) >= 11 is 1.57. The molecule has 0 unspecified atom stereocenters. The Balaban J connectivity index is 1.98. The van der Waals surface area contributed by atoms with E-state index >= 15 is 0 Å². The number of anilines is 1. The summed E-state index contributed by atoms with van der Waals surface area (Å²) in [5.74, 6) is 1.54. The molecular formula is C21H22N2O2S. The topological polar surface area (TPSA) is 41.9 Å². The summed E-state index contributed by atoms with van der Waals surface area (Å²) in [6.07, 6.45) is 1.82. The van der Waals surface area contributed by atoms with Gasteiger partial charge in [0.2, 0.25) is 0 Å². The molecule has 0 N–H and O–H groups in total. The smallest absolute Gasteiger partial charge is 0.283 e. The minimum Gasteiger partial charge on any atom is -0.497 e. The van der Waals surface area contributed by atoms with Gasteiger partial charge in [-0.15, -0.1) is 0 Å². The van der Waals surface area contributed by atoms with Crippen molar-refractivity contribution in [1.82, 2.24) is 0 Å². The van der Waals surface area contributed by atoms with Gasteiger partial charge < -0.3 is 4.74 Å². The zero-order valence-electron chi connectivity index (χ0n) is 15.4. The van der Waals surface area contributed by atoms with Gasteiger partial charge in [0.15, 0.2) is 5.17 Å². The van der Waals surface area contributed by atoms with Gasteiger partial charge in [-0.3, -0.25) is 9.69 Å². The minimum atomic E-state index is -0.0956. The monoisotopic (exact) mass is 366 g/mol. The number of carbonyl (C=O) groups excluding carboxylic acids is 1. The number of hydrogen-bond acceptors (Lipinski definition) is 4. The predicted molar refractivity (Wildman–Crippen MR) is 110 cm³/mol. The van der Waals surface area contributed by atoms with Crippen LogP contribution >= 0.6 is 11.8 Å². The van der Waals surface area contributed by atoms with E-state index in [0.717, 1.165) is 39.0 Å². The zero-order chi connectivity index (χ0) is 18.7. The summed E-state index contributed by atoms with van der Waals surface area (Å²) in [6, 6.07) is 13.7. The van der Waals surface area contributed by atoms with Crippen molar-refractivity contribution in [2.24, 2.45) is 4.99 Å². The Kier molecular flexibility index (Phi) is 5.47. The third-order valence-electron chi connectivity index (χ3n) is 3.99. The van der Waals surface area contributed by atoms with Gasteiger partial charge in [-0.1, -0.05) is 36.9 Å². The molecule has 134 valence electrons. The molecule has 5 heteroatoms. The van der Waals surface area contributed by atoms with Gasteiger partial charge in [0, 0.05) is 0 Å². The molecule has 2 aromatic rings. The van der Waals surface area contributed by atoms with Gasteiger partial charge >= 0.3 is 0 Å². The SMILES string of the molecule is CCSC1=N/C(=C\c2ccc(OC)cc2)C(=O)N1c1cc(C)cc(C)c1. The first-order valence-corrected chi connectivity index (χ1v) is 9.50. The molecule has 1 aliphatic rings. The van der Waals surface area contributed by atoms with E-state index in [1.807, 2.05) is 56.3 Å². The van der Waals surface area contributed by atoms with Crippen LogP contribution in [0.4, 0.5) is 5.69 Å². The maximum Gasteiger partial charge on any atom is 0.283 e. The molecule has 0 saturated carbocycles. The van der Waals surface area contributed by atoms with Gasteiger partial charge in [0.05, 0.1) is 12.8 Å². The van der Waals surface area contributed by atoms with E-state index in [1.54, 1.807) is 23.8 Å². The third kappa shape index (κ3) is 3.83. The fraction of sp³-hybridized carbons (Fsp3) is 0.238. The average molecular weight is 366 g/mol. The Morgan fingerprint density at radius 2 is 1.77 bits per heavy atom. The highest BCUT2D eigenvalue weighted by Crippen LogP contribution is 2.30. The molecule has 26 heavy (non-hydrogen) atoms. The lowest BCUT2D eigenvalue weighted by atomic mass is 10.1. The predicted octanol–water partition coefficient (Wildman–Crippen LogP) is 4.81. The molecule has 0 aromatic heterocycles. The fourth-order valence-corrected chi connectivity index (χ4v) is 3.63. The van der Waals surface area contributed by atoms with Crippen molar-refractivity contribution >= 4 is 34.6 Å². The molecule has 1 amide bonds. The summed E-state index contributed by atoms with van der Waals surface area (Å²) in [5, 5.41) is 0.724. The summed E-state index contributed by atoms with van der Waals surface area (Å²) in [4.78, 5) is 19.4. The number of benzene rings is 2. The maximum absolute atomic E-state index is 13.0.